The summed E-state index contributed by atoms with van der Waals surface area (Å²) in [5.41, 5.74) is 5.22. The molecule has 0 spiro atoms. The molecule has 2 amide bonds. The van der Waals surface area contributed by atoms with Crippen LogP contribution in [0, 0.1) is 6.92 Å². The fourth-order valence-corrected chi connectivity index (χ4v) is 2.35. The lowest BCUT2D eigenvalue weighted by Crippen LogP contribution is -2.46. The van der Waals surface area contributed by atoms with Gasteiger partial charge in [-0.1, -0.05) is 19.4 Å². The fourth-order valence-electron chi connectivity index (χ4n) is 2.35. The van der Waals surface area contributed by atoms with E-state index in [0.717, 1.165) is 0 Å². The van der Waals surface area contributed by atoms with Gasteiger partial charge in [-0.2, -0.15) is 0 Å². The fraction of sp³-hybridized carbons (Fsp3) is 0.500. The van der Waals surface area contributed by atoms with Gasteiger partial charge in [0.05, 0.1) is 0 Å². The first-order valence-electron chi connectivity index (χ1n) is 7.77. The molecule has 0 saturated carbocycles. The van der Waals surface area contributed by atoms with Crippen molar-refractivity contribution in [3.8, 4) is 0 Å². The van der Waals surface area contributed by atoms with Crippen LogP contribution in [0.3, 0.4) is 0 Å². The van der Waals surface area contributed by atoms with Crippen LogP contribution in [0.1, 0.15) is 44.2 Å². The molecule has 0 aromatic carbocycles. The van der Waals surface area contributed by atoms with Gasteiger partial charge in [0.2, 0.25) is 11.8 Å². The minimum Gasteiger partial charge on any atom is -0.480 e. The molecule has 1 aromatic heterocycles. The number of aliphatic carboxylic acids is 1. The Kier molecular flexibility index (Phi) is 7.16. The van der Waals surface area contributed by atoms with Crippen molar-refractivity contribution in [1.29, 1.82) is 0 Å². The summed E-state index contributed by atoms with van der Waals surface area (Å²) < 4.78 is 1.31. The molecular weight excluding hydrogens is 314 g/mol. The van der Waals surface area contributed by atoms with Crippen LogP contribution in [-0.2, 0) is 14.4 Å². The van der Waals surface area contributed by atoms with Crippen LogP contribution in [0.5, 0.6) is 0 Å². The van der Waals surface area contributed by atoms with Gasteiger partial charge in [-0.25, -0.2) is 4.79 Å². The summed E-state index contributed by atoms with van der Waals surface area (Å²) in [6, 6.07) is 1.27. The highest BCUT2D eigenvalue weighted by atomic mass is 16.4. The molecule has 0 radical (unpaired) electrons. The van der Waals surface area contributed by atoms with Gasteiger partial charge in [-0.05, 0) is 25.8 Å². The highest BCUT2D eigenvalue weighted by Crippen LogP contribution is 2.13. The maximum atomic E-state index is 12.5. The van der Waals surface area contributed by atoms with E-state index in [1.807, 2.05) is 6.92 Å². The van der Waals surface area contributed by atoms with Crippen LogP contribution in [0.15, 0.2) is 23.1 Å². The maximum Gasteiger partial charge on any atom is 0.326 e. The molecule has 8 heteroatoms. The summed E-state index contributed by atoms with van der Waals surface area (Å²) >= 11 is 0. The van der Waals surface area contributed by atoms with Crippen molar-refractivity contribution in [1.82, 2.24) is 9.88 Å². The molecule has 1 aromatic rings. The Morgan fingerprint density at radius 3 is 2.54 bits per heavy atom. The summed E-state index contributed by atoms with van der Waals surface area (Å²) in [6.45, 7) is 3.51. The standard InChI is InChI=1S/C16H23N3O5/c1-3-5-12(19-9-4-6-10(2)15(19)22)14(21)18-11(16(23)24)7-8-13(17)20/h4,6,9,11-12H,3,5,7-8H2,1-2H3,(H2,17,20)(H,18,21)(H,23,24). The summed E-state index contributed by atoms with van der Waals surface area (Å²) in [6.07, 6.45) is 2.28. The molecule has 132 valence electrons. The number of aryl methyl sites for hydroxylation is 1. The number of nitrogens with two attached hydrogens (primary N) is 1. The topological polar surface area (TPSA) is 131 Å². The van der Waals surface area contributed by atoms with E-state index in [0.29, 0.717) is 18.4 Å². The number of amides is 2. The van der Waals surface area contributed by atoms with Crippen LogP contribution in [0.4, 0.5) is 0 Å². The van der Waals surface area contributed by atoms with Gasteiger partial charge in [-0.15, -0.1) is 0 Å². The van der Waals surface area contributed by atoms with Gasteiger partial charge in [0, 0.05) is 18.2 Å². The molecule has 1 rings (SSSR count). The Balaban J connectivity index is 3.00. The number of rotatable bonds is 9. The number of carbonyl (C=O) groups is 3. The Morgan fingerprint density at radius 2 is 2.00 bits per heavy atom. The van der Waals surface area contributed by atoms with Crippen molar-refractivity contribution in [2.75, 3.05) is 0 Å². The highest BCUT2D eigenvalue weighted by molar-refractivity contribution is 5.86. The Morgan fingerprint density at radius 1 is 1.33 bits per heavy atom. The second-order valence-corrected chi connectivity index (χ2v) is 5.61. The number of aromatic nitrogens is 1. The smallest absolute Gasteiger partial charge is 0.326 e. The molecule has 8 nitrogen and oxygen atoms in total. The number of primary amides is 1. The minimum absolute atomic E-state index is 0.0992. The van der Waals surface area contributed by atoms with Gasteiger partial charge >= 0.3 is 5.97 Å². The van der Waals surface area contributed by atoms with E-state index in [-0.39, 0.29) is 18.4 Å². The lowest BCUT2D eigenvalue weighted by molar-refractivity contribution is -0.142. The van der Waals surface area contributed by atoms with E-state index in [4.69, 9.17) is 5.73 Å². The number of carboxylic acids is 1. The van der Waals surface area contributed by atoms with Crippen molar-refractivity contribution in [3.05, 3.63) is 34.2 Å². The third-order valence-electron chi connectivity index (χ3n) is 3.66. The van der Waals surface area contributed by atoms with Crippen molar-refractivity contribution in [2.45, 2.75) is 51.6 Å². The number of carboxylic acid groups (broad SMARTS) is 1. The first-order chi connectivity index (χ1) is 11.3. The predicted octanol–water partition coefficient (Wildman–Crippen LogP) is 0.333. The molecule has 1 heterocycles. The van der Waals surface area contributed by atoms with Gasteiger partial charge in [0.25, 0.3) is 5.56 Å². The monoisotopic (exact) mass is 337 g/mol. The first-order valence-corrected chi connectivity index (χ1v) is 7.77. The lowest BCUT2D eigenvalue weighted by atomic mass is 10.1. The van der Waals surface area contributed by atoms with E-state index in [1.165, 1.54) is 10.8 Å². The number of hydrogen-bond acceptors (Lipinski definition) is 4. The molecule has 0 bridgehead atoms. The maximum absolute atomic E-state index is 12.5. The average molecular weight is 337 g/mol. The molecule has 4 N–H and O–H groups in total. The molecule has 0 fully saturated rings. The first kappa shape index (κ1) is 19.4. The number of nitrogens with zero attached hydrogens (tertiary/aromatic N) is 1. The summed E-state index contributed by atoms with van der Waals surface area (Å²) in [5, 5.41) is 11.6. The Hall–Kier alpha value is -2.64. The predicted molar refractivity (Wildman–Crippen MR) is 87.4 cm³/mol. The second kappa shape index (κ2) is 8.85. The largest absolute Gasteiger partial charge is 0.480 e. The zero-order chi connectivity index (χ0) is 18.3. The van der Waals surface area contributed by atoms with Crippen molar-refractivity contribution < 1.29 is 19.5 Å². The number of carbonyl (C=O) groups excluding carboxylic acids is 2. The van der Waals surface area contributed by atoms with Gasteiger partial charge < -0.3 is 20.7 Å². The number of nitrogens with one attached hydrogen (secondary N) is 1. The quantitative estimate of drug-likeness (QED) is 0.597. The van der Waals surface area contributed by atoms with E-state index in [1.54, 1.807) is 19.1 Å². The number of hydrogen-bond donors (Lipinski definition) is 3. The molecule has 2 unspecified atom stereocenters. The summed E-state index contributed by atoms with van der Waals surface area (Å²) in [4.78, 5) is 46.8. The second-order valence-electron chi connectivity index (χ2n) is 5.61. The van der Waals surface area contributed by atoms with Crippen molar-refractivity contribution in [3.63, 3.8) is 0 Å². The zero-order valence-electron chi connectivity index (χ0n) is 13.8. The molecule has 2 atom stereocenters. The van der Waals surface area contributed by atoms with Gasteiger partial charge in [-0.3, -0.25) is 14.4 Å². The highest BCUT2D eigenvalue weighted by Gasteiger charge is 2.26. The van der Waals surface area contributed by atoms with Crippen LogP contribution < -0.4 is 16.6 Å². The lowest BCUT2D eigenvalue weighted by Gasteiger charge is -2.22. The van der Waals surface area contributed by atoms with Crippen LogP contribution in [-0.4, -0.2) is 33.5 Å². The van der Waals surface area contributed by atoms with Gasteiger partial charge in [0.1, 0.15) is 12.1 Å². The van der Waals surface area contributed by atoms with Crippen molar-refractivity contribution in [2.24, 2.45) is 5.73 Å². The van der Waals surface area contributed by atoms with E-state index < -0.39 is 29.9 Å². The number of pyridine rings is 1. The van der Waals surface area contributed by atoms with Crippen molar-refractivity contribution >= 4 is 17.8 Å². The van der Waals surface area contributed by atoms with Crippen LogP contribution in [0.2, 0.25) is 0 Å². The van der Waals surface area contributed by atoms with E-state index >= 15 is 0 Å². The summed E-state index contributed by atoms with van der Waals surface area (Å²) in [5.74, 6) is -2.46. The average Bonchev–Trinajstić information content (AvgIpc) is 2.51. The SMILES string of the molecule is CCCC(C(=O)NC(CCC(N)=O)C(=O)O)n1cccc(C)c1=O. The van der Waals surface area contributed by atoms with Crippen LogP contribution >= 0.6 is 0 Å². The molecule has 24 heavy (non-hydrogen) atoms. The molecule has 0 saturated heterocycles. The minimum atomic E-state index is -1.25. The molecular formula is C16H23N3O5. The Labute approximate surface area is 139 Å². The zero-order valence-corrected chi connectivity index (χ0v) is 13.8. The Bertz CT molecular complexity index is 668. The molecule has 0 aliphatic heterocycles. The third-order valence-corrected chi connectivity index (χ3v) is 3.66. The molecule has 0 aliphatic rings. The third kappa shape index (κ3) is 5.22. The normalized spacial score (nSPS) is 13.1. The van der Waals surface area contributed by atoms with Gasteiger partial charge in [0.15, 0.2) is 0 Å². The molecule has 0 aliphatic carbocycles. The van der Waals surface area contributed by atoms with E-state index in [2.05, 4.69) is 5.32 Å². The summed E-state index contributed by atoms with van der Waals surface area (Å²) in [7, 11) is 0. The van der Waals surface area contributed by atoms with Crippen LogP contribution in [0.25, 0.3) is 0 Å². The van der Waals surface area contributed by atoms with E-state index in [9.17, 15) is 24.3 Å².